The predicted molar refractivity (Wildman–Crippen MR) is 97.4 cm³/mol. The zero-order valence-electron chi connectivity index (χ0n) is 14.4. The smallest absolute Gasteiger partial charge is 0.205 e. The van der Waals surface area contributed by atoms with Crippen LogP contribution in [-0.2, 0) is 15.5 Å². The number of unbranched alkanes of at least 4 members (excludes halogenated alkanes) is 9. The van der Waals surface area contributed by atoms with Crippen LogP contribution in [0.25, 0.3) is 0 Å². The molecule has 0 aliphatic carbocycles. The van der Waals surface area contributed by atoms with E-state index in [1.54, 1.807) is 0 Å². The molecule has 1 unspecified atom stereocenters. The van der Waals surface area contributed by atoms with Crippen LogP contribution in [0.2, 0.25) is 0 Å². The molecule has 0 bridgehead atoms. The summed E-state index contributed by atoms with van der Waals surface area (Å²) in [7, 11) is -2.52. The standard InChI is InChI=1S/C16H35O2PS.H2O/c1-4-5-6-7-8-9-10-11-12-13-14-19(17,18)15-16-20(2)3;/h4-16H2,1-3H3;1H2. The van der Waals surface area contributed by atoms with Crippen LogP contribution in [0.1, 0.15) is 71.1 Å². The molecule has 0 aliphatic heterocycles. The molecule has 0 amide bonds. The van der Waals surface area contributed by atoms with Crippen LogP contribution in [0.3, 0.4) is 0 Å². The molecule has 0 aliphatic rings. The average Bonchev–Trinajstić information content (AvgIpc) is 2.39. The van der Waals surface area contributed by atoms with Crippen molar-refractivity contribution < 1.29 is 14.9 Å². The van der Waals surface area contributed by atoms with Crippen LogP contribution in [0.4, 0.5) is 0 Å². The van der Waals surface area contributed by atoms with E-state index in [2.05, 4.69) is 19.4 Å². The fourth-order valence-electron chi connectivity index (χ4n) is 2.28. The molecule has 21 heavy (non-hydrogen) atoms. The lowest BCUT2D eigenvalue weighted by atomic mass is 10.1. The van der Waals surface area contributed by atoms with E-state index in [0.29, 0.717) is 23.2 Å². The van der Waals surface area contributed by atoms with Gasteiger partial charge >= 0.3 is 0 Å². The third-order valence-electron chi connectivity index (χ3n) is 3.71. The highest BCUT2D eigenvalue weighted by Crippen LogP contribution is 2.41. The van der Waals surface area contributed by atoms with Gasteiger partial charge in [0.2, 0.25) is 7.37 Å². The molecule has 0 spiro atoms. The van der Waals surface area contributed by atoms with Crippen molar-refractivity contribution in [2.24, 2.45) is 0 Å². The van der Waals surface area contributed by atoms with E-state index < -0.39 is 7.37 Å². The van der Waals surface area contributed by atoms with Gasteiger partial charge in [-0.25, -0.2) is 0 Å². The monoisotopic (exact) mass is 340 g/mol. The zero-order valence-corrected chi connectivity index (χ0v) is 16.1. The van der Waals surface area contributed by atoms with Crippen molar-refractivity contribution in [3.63, 3.8) is 0 Å². The Balaban J connectivity index is 0. The Hall–Kier alpha value is 0.500. The van der Waals surface area contributed by atoms with E-state index in [1.807, 2.05) is 0 Å². The van der Waals surface area contributed by atoms with Gasteiger partial charge in [-0.1, -0.05) is 64.7 Å². The topological polar surface area (TPSA) is 67.3 Å². The van der Waals surface area contributed by atoms with Crippen LogP contribution in [0.15, 0.2) is 0 Å². The van der Waals surface area contributed by atoms with E-state index in [9.17, 15) is 9.46 Å². The van der Waals surface area contributed by atoms with Gasteiger partial charge in [0.1, 0.15) is 5.75 Å². The maximum absolute atomic E-state index is 11.9. The average molecular weight is 341 g/mol. The summed E-state index contributed by atoms with van der Waals surface area (Å²) in [5.41, 5.74) is 0. The Morgan fingerprint density at radius 3 is 1.67 bits per heavy atom. The van der Waals surface area contributed by atoms with Crippen LogP contribution < -0.4 is 0 Å². The summed E-state index contributed by atoms with van der Waals surface area (Å²) in [5.74, 6) is 0.908. The van der Waals surface area contributed by atoms with Gasteiger partial charge in [-0.15, -0.1) is 0 Å². The highest BCUT2D eigenvalue weighted by molar-refractivity contribution is 7.95. The lowest BCUT2D eigenvalue weighted by molar-refractivity contribution is 0.475. The van der Waals surface area contributed by atoms with Gasteiger partial charge in [-0.2, -0.15) is 0 Å². The molecule has 0 fully saturated rings. The summed E-state index contributed by atoms with van der Waals surface area (Å²) in [6, 6.07) is 0. The minimum Gasteiger partial charge on any atom is -0.870 e. The second-order valence-electron chi connectivity index (χ2n) is 6.17. The van der Waals surface area contributed by atoms with Crippen molar-refractivity contribution >= 4 is 18.3 Å². The Kier molecular flexibility index (Phi) is 17.4. The Bertz CT molecular complexity index is 260. The molecular weight excluding hydrogens is 303 g/mol. The minimum absolute atomic E-state index is 0. The number of hydrogen-bond donors (Lipinski definition) is 1. The maximum atomic E-state index is 11.9. The Labute approximate surface area is 135 Å². The van der Waals surface area contributed by atoms with Gasteiger partial charge < -0.3 is 10.4 Å². The second-order valence-corrected chi connectivity index (χ2v) is 11.1. The molecular formula is C16H37O3PS. The van der Waals surface area contributed by atoms with Crippen molar-refractivity contribution in [2.75, 3.05) is 30.6 Å². The molecule has 0 saturated carbocycles. The molecule has 2 N–H and O–H groups in total. The van der Waals surface area contributed by atoms with Gasteiger partial charge in [-0.3, -0.25) is 4.57 Å². The highest BCUT2D eigenvalue weighted by Gasteiger charge is 2.20. The second kappa shape index (κ2) is 15.4. The molecule has 3 nitrogen and oxygen atoms in total. The normalized spacial score (nSPS) is 14.0. The fraction of sp³-hybridized carbons (Fsp3) is 1.00. The first-order valence-corrected chi connectivity index (χ1v) is 12.6. The lowest BCUT2D eigenvalue weighted by Gasteiger charge is -2.10. The summed E-state index contributed by atoms with van der Waals surface area (Å²) in [6.07, 6.45) is 18.1. The Morgan fingerprint density at radius 2 is 1.24 bits per heavy atom. The predicted octanol–water partition coefficient (Wildman–Crippen LogP) is 4.88. The van der Waals surface area contributed by atoms with E-state index in [4.69, 9.17) is 0 Å². The molecule has 0 saturated heterocycles. The molecule has 130 valence electrons. The summed E-state index contributed by atoms with van der Waals surface area (Å²) in [6.45, 7) is 2.25. The van der Waals surface area contributed by atoms with Gasteiger partial charge in [0.15, 0.2) is 0 Å². The van der Waals surface area contributed by atoms with Crippen molar-refractivity contribution in [2.45, 2.75) is 71.1 Å². The first-order chi connectivity index (χ1) is 9.48. The van der Waals surface area contributed by atoms with E-state index in [0.717, 1.165) is 18.6 Å². The molecule has 0 aromatic carbocycles. The van der Waals surface area contributed by atoms with Gasteiger partial charge in [0.05, 0.1) is 18.7 Å². The molecule has 0 aromatic heterocycles. The van der Waals surface area contributed by atoms with Crippen LogP contribution in [0, 0.1) is 0 Å². The van der Waals surface area contributed by atoms with Gasteiger partial charge in [0.25, 0.3) is 0 Å². The molecule has 0 heterocycles. The van der Waals surface area contributed by atoms with E-state index in [-0.39, 0.29) is 5.48 Å². The quantitative estimate of drug-likeness (QED) is 0.278. The number of rotatable bonds is 14. The highest BCUT2D eigenvalue weighted by atomic mass is 32.2. The van der Waals surface area contributed by atoms with Crippen molar-refractivity contribution in [1.29, 1.82) is 0 Å². The van der Waals surface area contributed by atoms with Crippen LogP contribution >= 0.6 is 7.37 Å². The summed E-state index contributed by atoms with van der Waals surface area (Å²) in [5, 5.41) is 0. The molecule has 0 aromatic rings. The van der Waals surface area contributed by atoms with Crippen LogP contribution in [0.5, 0.6) is 0 Å². The van der Waals surface area contributed by atoms with Crippen molar-refractivity contribution in [3.05, 3.63) is 0 Å². The summed E-state index contributed by atoms with van der Waals surface area (Å²) >= 11 is 0. The minimum atomic E-state index is -2.81. The first-order valence-electron chi connectivity index (χ1n) is 8.33. The summed E-state index contributed by atoms with van der Waals surface area (Å²) < 4.78 is 11.9. The SMILES string of the molecule is CCCCCCCCCCCCP(=O)(O)CC[S+](C)C.[OH-]. The zero-order chi connectivity index (χ0) is 15.3. The third-order valence-corrected chi connectivity index (χ3v) is 6.97. The van der Waals surface area contributed by atoms with E-state index in [1.165, 1.54) is 51.4 Å². The van der Waals surface area contributed by atoms with Gasteiger partial charge in [0, 0.05) is 6.16 Å². The Morgan fingerprint density at radius 1 is 0.810 bits per heavy atom. The molecule has 1 atom stereocenters. The molecule has 5 heteroatoms. The van der Waals surface area contributed by atoms with E-state index >= 15 is 0 Å². The molecule has 0 radical (unpaired) electrons. The van der Waals surface area contributed by atoms with Gasteiger partial charge in [-0.05, 0) is 17.3 Å². The lowest BCUT2D eigenvalue weighted by Crippen LogP contribution is -2.08. The van der Waals surface area contributed by atoms with Crippen LogP contribution in [-0.4, -0.2) is 41.0 Å². The summed E-state index contributed by atoms with van der Waals surface area (Å²) in [4.78, 5) is 9.85. The first kappa shape index (κ1) is 23.8. The maximum Gasteiger partial charge on any atom is 0.205 e. The molecule has 0 rings (SSSR count). The number of hydrogen-bond acceptors (Lipinski definition) is 2. The fourth-order valence-corrected chi connectivity index (χ4v) is 5.83. The van der Waals surface area contributed by atoms with Crippen molar-refractivity contribution in [1.82, 2.24) is 0 Å². The van der Waals surface area contributed by atoms with Crippen molar-refractivity contribution in [3.8, 4) is 0 Å². The largest absolute Gasteiger partial charge is 0.870 e. The third kappa shape index (κ3) is 18.5.